The maximum absolute atomic E-state index is 4.53. The van der Waals surface area contributed by atoms with Crippen LogP contribution in [0.3, 0.4) is 0 Å². The van der Waals surface area contributed by atoms with Crippen LogP contribution in [0.15, 0.2) is 140 Å². The summed E-state index contributed by atoms with van der Waals surface area (Å²) in [7, 11) is 0. The number of rotatable bonds is 3. The molecule has 0 atom stereocenters. The molecule has 3 heteroatoms. The molecule has 0 aliphatic heterocycles. The van der Waals surface area contributed by atoms with Crippen molar-refractivity contribution in [2.75, 3.05) is 0 Å². The van der Waals surface area contributed by atoms with Crippen molar-refractivity contribution < 1.29 is 20.1 Å². The van der Waals surface area contributed by atoms with Crippen LogP contribution in [-0.4, -0.2) is 9.97 Å². The molecule has 1 radical (unpaired) electrons. The van der Waals surface area contributed by atoms with Crippen molar-refractivity contribution in [2.24, 2.45) is 0 Å². The molecule has 2 aromatic heterocycles. The van der Waals surface area contributed by atoms with Gasteiger partial charge in [0.15, 0.2) is 0 Å². The number of nitrogens with zero attached hydrogens (tertiary/aromatic N) is 2. The molecule has 0 aliphatic rings. The molecule has 0 aliphatic carbocycles. The summed E-state index contributed by atoms with van der Waals surface area (Å²) in [6, 6.07) is 50.5. The first-order valence-electron chi connectivity index (χ1n) is 14.2. The summed E-state index contributed by atoms with van der Waals surface area (Å²) in [5.74, 6) is 0. The van der Waals surface area contributed by atoms with E-state index in [2.05, 4.69) is 128 Å². The third-order valence-electron chi connectivity index (χ3n) is 7.43. The largest absolute Gasteiger partial charge is 0.305 e. The van der Waals surface area contributed by atoms with Crippen LogP contribution >= 0.6 is 0 Å². The fourth-order valence-electron chi connectivity index (χ4n) is 5.08. The summed E-state index contributed by atoms with van der Waals surface area (Å²) in [6.45, 7) is 6.67. The molecule has 213 valence electrons. The molecule has 2 heterocycles. The second kappa shape index (κ2) is 13.3. The van der Waals surface area contributed by atoms with Crippen LogP contribution in [0.1, 0.15) is 26.3 Å². The van der Waals surface area contributed by atoms with E-state index in [0.717, 1.165) is 22.5 Å². The van der Waals surface area contributed by atoms with E-state index in [0.29, 0.717) is 0 Å². The number of pyridine rings is 2. The number of benzene rings is 5. The zero-order valence-corrected chi connectivity index (χ0v) is 26.9. The van der Waals surface area contributed by atoms with E-state index in [4.69, 9.17) is 0 Å². The van der Waals surface area contributed by atoms with E-state index in [-0.39, 0.29) is 25.5 Å². The minimum Gasteiger partial charge on any atom is -0.305 e. The molecule has 0 spiro atoms. The van der Waals surface area contributed by atoms with Crippen LogP contribution < -0.4 is 0 Å². The second-order valence-electron chi connectivity index (χ2n) is 11.4. The standard InChI is InChI=1S/C21H20N.C19H12N.Ir/c1-21(2,3)19-11-7-10-18(14-19)20-15-17(12-13-22-20)16-8-5-4-6-9-16;1-2-6-17-14(5-1)8-9-15-10-11-16(13-18(15)17)19-7-3-4-12-20-19;/h4-9,11-15H,1-3H3;1-10,12-13H;/q2*-1;. The number of fused-ring (bicyclic) bond motifs is 3. The first kappa shape index (κ1) is 30.0. The Morgan fingerprint density at radius 3 is 2.05 bits per heavy atom. The maximum atomic E-state index is 4.53. The molecule has 0 unspecified atom stereocenters. The van der Waals surface area contributed by atoms with Gasteiger partial charge < -0.3 is 9.97 Å². The van der Waals surface area contributed by atoms with Crippen LogP contribution in [-0.2, 0) is 25.5 Å². The normalized spacial score (nSPS) is 11.0. The topological polar surface area (TPSA) is 25.8 Å². The Morgan fingerprint density at radius 2 is 1.26 bits per heavy atom. The quantitative estimate of drug-likeness (QED) is 0.134. The molecule has 0 bridgehead atoms. The molecule has 0 saturated carbocycles. The minimum atomic E-state index is 0. The first-order valence-corrected chi connectivity index (χ1v) is 14.2. The van der Waals surface area contributed by atoms with Crippen LogP contribution in [0.25, 0.3) is 55.2 Å². The van der Waals surface area contributed by atoms with Gasteiger partial charge in [-0.3, -0.25) is 0 Å². The fraction of sp³-hybridized carbons (Fsp3) is 0.100. The molecule has 5 aromatic carbocycles. The van der Waals surface area contributed by atoms with Gasteiger partial charge in [-0.1, -0.05) is 116 Å². The smallest absolute Gasteiger partial charge is 0.0166 e. The molecular weight excluding hydrogens is 701 g/mol. The Kier molecular flexibility index (Phi) is 9.26. The van der Waals surface area contributed by atoms with E-state index < -0.39 is 0 Å². The average Bonchev–Trinajstić information content (AvgIpc) is 3.05. The van der Waals surface area contributed by atoms with Crippen molar-refractivity contribution in [1.29, 1.82) is 0 Å². The molecule has 7 rings (SSSR count). The van der Waals surface area contributed by atoms with Crippen molar-refractivity contribution in [1.82, 2.24) is 9.97 Å². The number of hydrogen-bond acceptors (Lipinski definition) is 2. The summed E-state index contributed by atoms with van der Waals surface area (Å²) >= 11 is 0. The summed E-state index contributed by atoms with van der Waals surface area (Å²) in [5, 5.41) is 5.00. The third kappa shape index (κ3) is 6.97. The van der Waals surface area contributed by atoms with E-state index in [1.165, 1.54) is 38.2 Å². The maximum Gasteiger partial charge on any atom is 0.0166 e. The van der Waals surface area contributed by atoms with Gasteiger partial charge in [-0.25, -0.2) is 0 Å². The van der Waals surface area contributed by atoms with Gasteiger partial charge in [-0.05, 0) is 50.8 Å². The SMILES string of the molecule is CC(C)(C)c1cc[c-]c(-c2cc(-c3ccccc3)ccn2)c1.[Ir].[c-]1cc2ccc3ccccc3c2cc1-c1ccccn1. The zero-order valence-electron chi connectivity index (χ0n) is 24.5. The van der Waals surface area contributed by atoms with Crippen molar-refractivity contribution in [3.05, 3.63) is 157 Å². The monoisotopic (exact) mass is 733 g/mol. The van der Waals surface area contributed by atoms with Crippen LogP contribution in [0.2, 0.25) is 0 Å². The predicted octanol–water partition coefficient (Wildman–Crippen LogP) is 10.4. The summed E-state index contributed by atoms with van der Waals surface area (Å²) in [4.78, 5) is 8.93. The van der Waals surface area contributed by atoms with Gasteiger partial charge >= 0.3 is 0 Å². The van der Waals surface area contributed by atoms with Crippen LogP contribution in [0.5, 0.6) is 0 Å². The number of hydrogen-bond donors (Lipinski definition) is 0. The van der Waals surface area contributed by atoms with E-state index in [1.807, 2.05) is 54.9 Å². The van der Waals surface area contributed by atoms with Crippen molar-refractivity contribution in [3.63, 3.8) is 0 Å². The van der Waals surface area contributed by atoms with Gasteiger partial charge in [-0.2, -0.15) is 0 Å². The predicted molar refractivity (Wildman–Crippen MR) is 176 cm³/mol. The van der Waals surface area contributed by atoms with Gasteiger partial charge in [0.25, 0.3) is 0 Å². The van der Waals surface area contributed by atoms with E-state index in [1.54, 1.807) is 0 Å². The Balaban J connectivity index is 0.000000168. The molecule has 7 aromatic rings. The fourth-order valence-corrected chi connectivity index (χ4v) is 5.08. The molecular formula is C40H32IrN2-2. The van der Waals surface area contributed by atoms with E-state index in [9.17, 15) is 0 Å². The van der Waals surface area contributed by atoms with Gasteiger partial charge in [0.05, 0.1) is 0 Å². The first-order chi connectivity index (χ1) is 20.5. The molecule has 43 heavy (non-hydrogen) atoms. The molecule has 2 nitrogen and oxygen atoms in total. The third-order valence-corrected chi connectivity index (χ3v) is 7.43. The Hall–Kier alpha value is -4.43. The Labute approximate surface area is 267 Å². The zero-order chi connectivity index (χ0) is 28.9. The van der Waals surface area contributed by atoms with Crippen LogP contribution in [0.4, 0.5) is 0 Å². The van der Waals surface area contributed by atoms with Gasteiger partial charge in [-0.15, -0.1) is 59.2 Å². The Morgan fingerprint density at radius 1 is 0.535 bits per heavy atom. The van der Waals surface area contributed by atoms with Gasteiger partial charge in [0, 0.05) is 32.5 Å². The molecule has 0 amide bonds. The minimum absolute atomic E-state index is 0. The van der Waals surface area contributed by atoms with Crippen molar-refractivity contribution in [3.8, 4) is 33.6 Å². The number of aromatic nitrogens is 2. The summed E-state index contributed by atoms with van der Waals surface area (Å²) in [5.41, 5.74) is 7.82. The second-order valence-corrected chi connectivity index (χ2v) is 11.4. The Bertz CT molecular complexity index is 1960. The van der Waals surface area contributed by atoms with Crippen molar-refractivity contribution >= 4 is 21.5 Å². The summed E-state index contributed by atoms with van der Waals surface area (Å²) < 4.78 is 0. The molecule has 0 fully saturated rings. The molecule has 0 N–H and O–H groups in total. The van der Waals surface area contributed by atoms with Gasteiger partial charge in [0.1, 0.15) is 0 Å². The van der Waals surface area contributed by atoms with E-state index >= 15 is 0 Å². The molecule has 0 saturated heterocycles. The van der Waals surface area contributed by atoms with Crippen LogP contribution in [0, 0.1) is 12.1 Å². The van der Waals surface area contributed by atoms with Crippen molar-refractivity contribution in [2.45, 2.75) is 26.2 Å². The average molecular weight is 733 g/mol. The van der Waals surface area contributed by atoms with Gasteiger partial charge in [0.2, 0.25) is 0 Å². The summed E-state index contributed by atoms with van der Waals surface area (Å²) in [6.07, 6.45) is 3.69.